The van der Waals surface area contributed by atoms with Gasteiger partial charge in [-0.1, -0.05) is 39.8 Å². The van der Waals surface area contributed by atoms with Gasteiger partial charge in [0.2, 0.25) is 0 Å². The summed E-state index contributed by atoms with van der Waals surface area (Å²) in [6.07, 6.45) is 1.96. The van der Waals surface area contributed by atoms with Gasteiger partial charge >= 0.3 is 5.97 Å². The molecule has 1 aliphatic carbocycles. The van der Waals surface area contributed by atoms with Gasteiger partial charge in [-0.3, -0.25) is 4.79 Å². The van der Waals surface area contributed by atoms with Crippen molar-refractivity contribution in [1.29, 1.82) is 0 Å². The van der Waals surface area contributed by atoms with E-state index in [1.54, 1.807) is 0 Å². The summed E-state index contributed by atoms with van der Waals surface area (Å²) in [5, 5.41) is 0. The summed E-state index contributed by atoms with van der Waals surface area (Å²) in [4.78, 5) is 11.6. The molecule has 1 saturated carbocycles. The molecule has 1 unspecified atom stereocenters. The molecule has 3 atom stereocenters. The van der Waals surface area contributed by atoms with Crippen molar-refractivity contribution in [2.45, 2.75) is 47.5 Å². The minimum Gasteiger partial charge on any atom is -0.465 e. The molecule has 1 fully saturated rings. The Bertz CT molecular complexity index is 304. The molecule has 0 heterocycles. The molecule has 0 aromatic rings. The van der Waals surface area contributed by atoms with E-state index < -0.39 is 0 Å². The van der Waals surface area contributed by atoms with Gasteiger partial charge in [0.05, 0.1) is 12.5 Å². The molecule has 0 radical (unpaired) electrons. The predicted octanol–water partition coefficient (Wildman–Crippen LogP) is 3.81. The lowest BCUT2D eigenvalue weighted by Gasteiger charge is -2.52. The van der Waals surface area contributed by atoms with Gasteiger partial charge in [0.1, 0.15) is 0 Å². The Hall–Kier alpha value is -0.790. The van der Waals surface area contributed by atoms with Crippen molar-refractivity contribution >= 4 is 5.97 Å². The van der Waals surface area contributed by atoms with Crippen molar-refractivity contribution in [3.63, 3.8) is 0 Å². The molecule has 0 amide bonds. The fourth-order valence-electron chi connectivity index (χ4n) is 2.63. The first-order chi connectivity index (χ1) is 7.80. The SMILES string of the molecule is C=C(C)[C@@H]1C[C@H](COC(=O)C(C)CC)C1(C)C. The first-order valence-electron chi connectivity index (χ1n) is 6.62. The molecule has 2 nitrogen and oxygen atoms in total. The Morgan fingerprint density at radius 1 is 1.53 bits per heavy atom. The van der Waals surface area contributed by atoms with E-state index in [4.69, 9.17) is 4.74 Å². The number of hydrogen-bond acceptors (Lipinski definition) is 2. The van der Waals surface area contributed by atoms with Crippen LogP contribution in [-0.2, 0) is 9.53 Å². The smallest absolute Gasteiger partial charge is 0.308 e. The number of esters is 1. The maximum atomic E-state index is 11.6. The molecule has 0 aromatic carbocycles. The molecular weight excluding hydrogens is 212 g/mol. The lowest BCUT2D eigenvalue weighted by Crippen LogP contribution is -2.47. The first-order valence-corrected chi connectivity index (χ1v) is 6.62. The summed E-state index contributed by atoms with van der Waals surface area (Å²) >= 11 is 0. The number of carbonyl (C=O) groups is 1. The molecule has 0 saturated heterocycles. The van der Waals surface area contributed by atoms with Crippen molar-refractivity contribution in [1.82, 2.24) is 0 Å². The largest absolute Gasteiger partial charge is 0.465 e. The fraction of sp³-hybridized carbons (Fsp3) is 0.800. The second-order valence-electron chi connectivity index (χ2n) is 6.09. The predicted molar refractivity (Wildman–Crippen MR) is 70.6 cm³/mol. The van der Waals surface area contributed by atoms with Gasteiger partial charge in [0, 0.05) is 0 Å². The van der Waals surface area contributed by atoms with Crippen molar-refractivity contribution in [2.75, 3.05) is 6.61 Å². The average molecular weight is 238 g/mol. The maximum absolute atomic E-state index is 11.6. The second-order valence-corrected chi connectivity index (χ2v) is 6.09. The number of ether oxygens (including phenoxy) is 1. The Balaban J connectivity index is 2.41. The van der Waals surface area contributed by atoms with Crippen molar-refractivity contribution in [2.24, 2.45) is 23.2 Å². The highest BCUT2D eigenvalue weighted by atomic mass is 16.5. The molecular formula is C15H26O2. The summed E-state index contributed by atoms with van der Waals surface area (Å²) < 4.78 is 5.39. The summed E-state index contributed by atoms with van der Waals surface area (Å²) in [5.74, 6) is 1.03. The second kappa shape index (κ2) is 5.24. The van der Waals surface area contributed by atoms with Crippen LogP contribution < -0.4 is 0 Å². The van der Waals surface area contributed by atoms with E-state index in [2.05, 4.69) is 27.4 Å². The van der Waals surface area contributed by atoms with Crippen LogP contribution in [0, 0.1) is 23.2 Å². The van der Waals surface area contributed by atoms with Crippen LogP contribution in [0.2, 0.25) is 0 Å². The van der Waals surface area contributed by atoms with E-state index >= 15 is 0 Å². The molecule has 0 bridgehead atoms. The summed E-state index contributed by atoms with van der Waals surface area (Å²) in [7, 11) is 0. The van der Waals surface area contributed by atoms with Gasteiger partial charge < -0.3 is 4.74 Å². The summed E-state index contributed by atoms with van der Waals surface area (Å²) in [5.41, 5.74) is 1.47. The van der Waals surface area contributed by atoms with Crippen LogP contribution in [0.1, 0.15) is 47.5 Å². The average Bonchev–Trinajstić information content (AvgIpc) is 2.25. The highest BCUT2D eigenvalue weighted by Crippen LogP contribution is 2.54. The van der Waals surface area contributed by atoms with Crippen molar-refractivity contribution < 1.29 is 9.53 Å². The highest BCUT2D eigenvalue weighted by Gasteiger charge is 2.48. The minimum atomic E-state index is -0.0536. The zero-order chi connectivity index (χ0) is 13.2. The fourth-order valence-corrected chi connectivity index (χ4v) is 2.63. The van der Waals surface area contributed by atoms with Gasteiger partial charge in [0.15, 0.2) is 0 Å². The molecule has 0 aliphatic heterocycles. The summed E-state index contributed by atoms with van der Waals surface area (Å²) in [6.45, 7) is 15.1. The highest BCUT2D eigenvalue weighted by molar-refractivity contribution is 5.71. The monoisotopic (exact) mass is 238 g/mol. The van der Waals surface area contributed by atoms with Crippen molar-refractivity contribution in [3.8, 4) is 0 Å². The molecule has 0 spiro atoms. The molecule has 98 valence electrons. The number of rotatable bonds is 5. The third kappa shape index (κ3) is 2.91. The van der Waals surface area contributed by atoms with E-state index in [9.17, 15) is 4.79 Å². The van der Waals surface area contributed by atoms with E-state index in [0.29, 0.717) is 18.4 Å². The third-order valence-corrected chi connectivity index (χ3v) is 4.51. The van der Waals surface area contributed by atoms with Crippen LogP contribution in [-0.4, -0.2) is 12.6 Å². The van der Waals surface area contributed by atoms with Gasteiger partial charge in [-0.05, 0) is 37.0 Å². The zero-order valence-electron chi connectivity index (χ0n) is 11.9. The van der Waals surface area contributed by atoms with Crippen LogP contribution >= 0.6 is 0 Å². The van der Waals surface area contributed by atoms with Crippen LogP contribution in [0.15, 0.2) is 12.2 Å². The summed E-state index contributed by atoms with van der Waals surface area (Å²) in [6, 6.07) is 0. The molecule has 2 heteroatoms. The Morgan fingerprint density at radius 2 is 2.12 bits per heavy atom. The Labute approximate surface area is 105 Å². The number of hydrogen-bond donors (Lipinski definition) is 0. The minimum absolute atomic E-state index is 0.0233. The molecule has 0 aromatic heterocycles. The number of carbonyl (C=O) groups excluding carboxylic acids is 1. The lowest BCUT2D eigenvalue weighted by atomic mass is 9.53. The standard InChI is InChI=1S/C15H26O2/c1-7-11(4)14(16)17-9-12-8-13(10(2)3)15(12,5)6/h11-13H,2,7-9H2,1,3-6H3/t11?,12-,13+/m1/s1. The van der Waals surface area contributed by atoms with Gasteiger partial charge in [-0.15, -0.1) is 0 Å². The van der Waals surface area contributed by atoms with Crippen LogP contribution in [0.5, 0.6) is 0 Å². The topological polar surface area (TPSA) is 26.3 Å². The Kier molecular flexibility index (Phi) is 4.40. The van der Waals surface area contributed by atoms with E-state index in [1.165, 1.54) is 5.57 Å². The number of allylic oxidation sites excluding steroid dienone is 1. The normalized spacial score (nSPS) is 28.1. The maximum Gasteiger partial charge on any atom is 0.308 e. The lowest BCUT2D eigenvalue weighted by molar-refractivity contribution is -0.155. The van der Waals surface area contributed by atoms with Crippen molar-refractivity contribution in [3.05, 3.63) is 12.2 Å². The molecule has 0 N–H and O–H groups in total. The molecule has 1 aliphatic rings. The quantitative estimate of drug-likeness (QED) is 0.537. The van der Waals surface area contributed by atoms with E-state index in [-0.39, 0.29) is 17.3 Å². The zero-order valence-corrected chi connectivity index (χ0v) is 11.9. The van der Waals surface area contributed by atoms with Gasteiger partial charge in [0.25, 0.3) is 0 Å². The Morgan fingerprint density at radius 3 is 2.53 bits per heavy atom. The van der Waals surface area contributed by atoms with Crippen LogP contribution in [0.4, 0.5) is 0 Å². The van der Waals surface area contributed by atoms with Crippen LogP contribution in [0.25, 0.3) is 0 Å². The van der Waals surface area contributed by atoms with Gasteiger partial charge in [-0.2, -0.15) is 0 Å². The third-order valence-electron chi connectivity index (χ3n) is 4.51. The molecule has 1 rings (SSSR count). The van der Waals surface area contributed by atoms with E-state index in [1.807, 2.05) is 13.8 Å². The van der Waals surface area contributed by atoms with E-state index in [0.717, 1.165) is 12.8 Å². The molecule has 17 heavy (non-hydrogen) atoms. The van der Waals surface area contributed by atoms with Crippen LogP contribution in [0.3, 0.4) is 0 Å². The van der Waals surface area contributed by atoms with Gasteiger partial charge in [-0.25, -0.2) is 0 Å². The first kappa shape index (κ1) is 14.3.